The average Bonchev–Trinajstić information content (AvgIpc) is 2.38. The van der Waals surface area contributed by atoms with Crippen LogP contribution >= 0.6 is 31.9 Å². The van der Waals surface area contributed by atoms with E-state index >= 15 is 0 Å². The molecule has 0 radical (unpaired) electrons. The van der Waals surface area contributed by atoms with Crippen LogP contribution < -0.4 is 0 Å². The highest BCUT2D eigenvalue weighted by Gasteiger charge is 2.09. The van der Waals surface area contributed by atoms with Crippen LogP contribution in [0, 0.1) is 13.8 Å². The highest BCUT2D eigenvalue weighted by Crippen LogP contribution is 2.31. The molecular weight excluding hydrogens is 352 g/mol. The smallest absolute Gasteiger partial charge is 0.0289 e. The van der Waals surface area contributed by atoms with Crippen LogP contribution in [-0.2, 0) is 10.7 Å². The quantitative estimate of drug-likeness (QED) is 0.605. The number of halogens is 2. The van der Waals surface area contributed by atoms with Crippen molar-refractivity contribution in [1.82, 2.24) is 0 Å². The molecule has 2 aromatic rings. The maximum Gasteiger partial charge on any atom is 0.0289 e. The molecule has 0 nitrogen and oxygen atoms in total. The first-order valence-electron chi connectivity index (χ1n) is 5.97. The molecule has 0 atom stereocenters. The first kappa shape index (κ1) is 13.8. The van der Waals surface area contributed by atoms with Crippen molar-refractivity contribution in [2.75, 3.05) is 0 Å². The molecule has 0 aromatic heterocycles. The maximum atomic E-state index is 3.59. The Hall–Kier alpha value is -0.600. The lowest BCUT2D eigenvalue weighted by Gasteiger charge is -2.13. The Kier molecular flexibility index (Phi) is 4.63. The molecule has 0 saturated carbocycles. The summed E-state index contributed by atoms with van der Waals surface area (Å²) in [4.78, 5) is 0. The molecule has 2 aromatic carbocycles. The van der Waals surface area contributed by atoms with Crippen LogP contribution in [0.25, 0.3) is 11.1 Å². The molecule has 0 N–H and O–H groups in total. The molecule has 2 rings (SSSR count). The van der Waals surface area contributed by atoms with Crippen LogP contribution in [0.3, 0.4) is 0 Å². The van der Waals surface area contributed by atoms with Crippen molar-refractivity contribution < 1.29 is 0 Å². The number of benzene rings is 2. The van der Waals surface area contributed by atoms with Gasteiger partial charge in [-0.15, -0.1) is 0 Å². The van der Waals surface area contributed by atoms with Crippen molar-refractivity contribution in [3.05, 3.63) is 58.7 Å². The molecular formula is C16H16Br2. The molecule has 2 heteroatoms. The van der Waals surface area contributed by atoms with Gasteiger partial charge in [0, 0.05) is 10.7 Å². The van der Waals surface area contributed by atoms with Gasteiger partial charge in [0.25, 0.3) is 0 Å². The minimum atomic E-state index is 0.889. The Morgan fingerprint density at radius 3 is 1.44 bits per heavy atom. The Bertz CT molecular complexity index is 508. The van der Waals surface area contributed by atoms with Crippen molar-refractivity contribution in [2.45, 2.75) is 24.5 Å². The zero-order valence-corrected chi connectivity index (χ0v) is 13.8. The average molecular weight is 368 g/mol. The monoisotopic (exact) mass is 366 g/mol. The van der Waals surface area contributed by atoms with E-state index in [0.29, 0.717) is 0 Å². The molecule has 0 amide bonds. The zero-order chi connectivity index (χ0) is 13.1. The fraction of sp³-hybridized carbons (Fsp3) is 0.250. The molecule has 0 saturated heterocycles. The summed E-state index contributed by atoms with van der Waals surface area (Å²) in [7, 11) is 0. The molecule has 0 aliphatic carbocycles. The minimum absolute atomic E-state index is 0.889. The van der Waals surface area contributed by atoms with E-state index in [1.54, 1.807) is 0 Å². The predicted octanol–water partition coefficient (Wildman–Crippen LogP) is 5.76. The molecule has 18 heavy (non-hydrogen) atoms. The van der Waals surface area contributed by atoms with Gasteiger partial charge in [0.05, 0.1) is 0 Å². The van der Waals surface area contributed by atoms with E-state index in [-0.39, 0.29) is 0 Å². The Morgan fingerprint density at radius 2 is 1.11 bits per heavy atom. The number of rotatable bonds is 3. The highest BCUT2D eigenvalue weighted by molar-refractivity contribution is 9.08. The van der Waals surface area contributed by atoms with E-state index < -0.39 is 0 Å². The molecule has 0 fully saturated rings. The van der Waals surface area contributed by atoms with Gasteiger partial charge < -0.3 is 0 Å². The number of hydrogen-bond acceptors (Lipinski definition) is 0. The van der Waals surface area contributed by atoms with Gasteiger partial charge in [-0.1, -0.05) is 79.4 Å². The second kappa shape index (κ2) is 6.03. The van der Waals surface area contributed by atoms with Crippen molar-refractivity contribution in [3.63, 3.8) is 0 Å². The van der Waals surface area contributed by atoms with Gasteiger partial charge in [0.15, 0.2) is 0 Å². The van der Waals surface area contributed by atoms with Crippen LogP contribution in [0.1, 0.15) is 22.3 Å². The van der Waals surface area contributed by atoms with Crippen LogP contribution in [0.2, 0.25) is 0 Å². The topological polar surface area (TPSA) is 0 Å². The summed E-state index contributed by atoms with van der Waals surface area (Å²) in [6.07, 6.45) is 0. The summed E-state index contributed by atoms with van der Waals surface area (Å²) in [5, 5.41) is 1.78. The van der Waals surface area contributed by atoms with E-state index in [1.807, 2.05) is 0 Å². The molecule has 0 bridgehead atoms. The molecule has 0 spiro atoms. The van der Waals surface area contributed by atoms with Crippen LogP contribution in [0.4, 0.5) is 0 Å². The predicted molar refractivity (Wildman–Crippen MR) is 86.6 cm³/mol. The third-order valence-electron chi connectivity index (χ3n) is 3.10. The van der Waals surface area contributed by atoms with E-state index in [2.05, 4.69) is 82.1 Å². The normalized spacial score (nSPS) is 10.7. The third kappa shape index (κ3) is 2.86. The SMILES string of the molecule is Cc1ccc(-c2ccc(C)cc2CBr)c(CBr)c1. The Balaban J connectivity index is 2.61. The van der Waals surface area contributed by atoms with Gasteiger partial charge in [-0.2, -0.15) is 0 Å². The number of aryl methyl sites for hydroxylation is 2. The molecule has 0 aliphatic heterocycles. The largest absolute Gasteiger partial charge is 0.0876 e. The van der Waals surface area contributed by atoms with Crippen molar-refractivity contribution in [1.29, 1.82) is 0 Å². The van der Waals surface area contributed by atoms with Crippen LogP contribution in [0.15, 0.2) is 36.4 Å². The Labute approximate surface area is 126 Å². The van der Waals surface area contributed by atoms with Crippen molar-refractivity contribution >= 4 is 31.9 Å². The first-order valence-corrected chi connectivity index (χ1v) is 8.21. The molecule has 0 heterocycles. The summed E-state index contributed by atoms with van der Waals surface area (Å²) in [6, 6.07) is 13.3. The van der Waals surface area contributed by atoms with Crippen LogP contribution in [0.5, 0.6) is 0 Å². The summed E-state index contributed by atoms with van der Waals surface area (Å²) in [6.45, 7) is 4.27. The third-order valence-corrected chi connectivity index (χ3v) is 4.31. The second-order valence-electron chi connectivity index (χ2n) is 4.59. The van der Waals surface area contributed by atoms with Gasteiger partial charge in [-0.05, 0) is 36.1 Å². The summed E-state index contributed by atoms with van der Waals surface area (Å²) in [5.41, 5.74) is 7.96. The summed E-state index contributed by atoms with van der Waals surface area (Å²) in [5.74, 6) is 0. The Morgan fingerprint density at radius 1 is 0.722 bits per heavy atom. The number of alkyl halides is 2. The molecule has 94 valence electrons. The van der Waals surface area contributed by atoms with Gasteiger partial charge in [0.1, 0.15) is 0 Å². The molecule has 0 aliphatic rings. The summed E-state index contributed by atoms with van der Waals surface area (Å²) >= 11 is 7.18. The van der Waals surface area contributed by atoms with Crippen molar-refractivity contribution in [2.24, 2.45) is 0 Å². The maximum absolute atomic E-state index is 3.59. The van der Waals surface area contributed by atoms with Gasteiger partial charge in [-0.3, -0.25) is 0 Å². The van der Waals surface area contributed by atoms with Crippen molar-refractivity contribution in [3.8, 4) is 11.1 Å². The lowest BCUT2D eigenvalue weighted by molar-refractivity contribution is 1.32. The molecule has 0 unspecified atom stereocenters. The highest BCUT2D eigenvalue weighted by atomic mass is 79.9. The lowest BCUT2D eigenvalue weighted by Crippen LogP contribution is -1.92. The zero-order valence-electron chi connectivity index (χ0n) is 10.6. The first-order chi connectivity index (χ1) is 8.65. The minimum Gasteiger partial charge on any atom is -0.0876 e. The lowest BCUT2D eigenvalue weighted by atomic mass is 9.94. The van der Waals surface area contributed by atoms with E-state index in [9.17, 15) is 0 Å². The number of hydrogen-bond donors (Lipinski definition) is 0. The fourth-order valence-corrected chi connectivity index (χ4v) is 3.12. The van der Waals surface area contributed by atoms with Gasteiger partial charge in [0.2, 0.25) is 0 Å². The van der Waals surface area contributed by atoms with E-state index in [1.165, 1.54) is 33.4 Å². The second-order valence-corrected chi connectivity index (χ2v) is 5.71. The van der Waals surface area contributed by atoms with E-state index in [4.69, 9.17) is 0 Å². The standard InChI is InChI=1S/C16H16Br2/c1-11-3-5-15(13(7-11)9-17)16-6-4-12(2)8-14(16)10-18/h3-8H,9-10H2,1-2H3. The van der Waals surface area contributed by atoms with Crippen LogP contribution in [-0.4, -0.2) is 0 Å². The van der Waals surface area contributed by atoms with Gasteiger partial charge in [-0.25, -0.2) is 0 Å². The summed E-state index contributed by atoms with van der Waals surface area (Å²) < 4.78 is 0. The van der Waals surface area contributed by atoms with E-state index in [0.717, 1.165) is 10.7 Å². The van der Waals surface area contributed by atoms with Gasteiger partial charge >= 0.3 is 0 Å². The fourth-order valence-electron chi connectivity index (χ4n) is 2.19.